The Labute approximate surface area is 187 Å². The van der Waals surface area contributed by atoms with Crippen LogP contribution in [0, 0.1) is 5.92 Å². The van der Waals surface area contributed by atoms with Crippen molar-refractivity contribution in [3.63, 3.8) is 0 Å². The minimum Gasteiger partial charge on any atom is -0.369 e. The van der Waals surface area contributed by atoms with E-state index in [1.165, 1.54) is 4.90 Å². The van der Waals surface area contributed by atoms with Crippen molar-refractivity contribution in [1.82, 2.24) is 9.80 Å². The molecule has 2 fully saturated rings. The molecule has 2 aromatic rings. The zero-order valence-electron chi connectivity index (χ0n) is 16.9. The Morgan fingerprint density at radius 1 is 0.967 bits per heavy atom. The lowest BCUT2D eigenvalue weighted by Gasteiger charge is -2.37. The Kier molecular flexibility index (Phi) is 6.32. The molecule has 2 saturated heterocycles. The van der Waals surface area contributed by atoms with Crippen LogP contribution in [0.2, 0.25) is 10.0 Å². The van der Waals surface area contributed by atoms with Gasteiger partial charge in [-0.1, -0.05) is 60.5 Å². The van der Waals surface area contributed by atoms with Crippen LogP contribution in [0.1, 0.15) is 24.8 Å². The highest BCUT2D eigenvalue weighted by atomic mass is 35.5. The maximum atomic E-state index is 13.0. The van der Waals surface area contributed by atoms with Crippen molar-refractivity contribution < 1.29 is 9.59 Å². The Hall–Kier alpha value is -2.08. The number of imide groups is 1. The molecule has 0 bridgehead atoms. The zero-order valence-corrected chi connectivity index (χ0v) is 18.4. The molecule has 0 aromatic heterocycles. The first-order valence-electron chi connectivity index (χ1n) is 10.3. The monoisotopic (exact) mass is 445 g/mol. The summed E-state index contributed by atoms with van der Waals surface area (Å²) in [5.74, 6) is -0.375. The summed E-state index contributed by atoms with van der Waals surface area (Å²) in [6.07, 6.45) is 0.290. The molecule has 30 heavy (non-hydrogen) atoms. The number of anilines is 1. The Balaban J connectivity index is 1.35. The molecule has 2 aliphatic rings. The van der Waals surface area contributed by atoms with Gasteiger partial charge in [0.15, 0.2) is 0 Å². The molecule has 0 aliphatic carbocycles. The third-order valence-corrected chi connectivity index (χ3v) is 6.93. The predicted octanol–water partition coefficient (Wildman–Crippen LogP) is 4.25. The summed E-state index contributed by atoms with van der Waals surface area (Å²) in [5.41, 5.74) is 2.13. The molecule has 2 amide bonds. The molecule has 0 N–H and O–H groups in total. The molecular formula is C23H25Cl2N3O2. The van der Waals surface area contributed by atoms with E-state index in [2.05, 4.69) is 9.80 Å². The molecular weight excluding hydrogens is 421 g/mol. The summed E-state index contributed by atoms with van der Waals surface area (Å²) >= 11 is 12.2. The topological polar surface area (TPSA) is 43.9 Å². The van der Waals surface area contributed by atoms with Crippen LogP contribution < -0.4 is 4.90 Å². The van der Waals surface area contributed by atoms with Gasteiger partial charge in [-0.05, 0) is 29.7 Å². The largest absolute Gasteiger partial charge is 0.369 e. The van der Waals surface area contributed by atoms with Crippen molar-refractivity contribution >= 4 is 40.7 Å². The molecule has 2 heterocycles. The van der Waals surface area contributed by atoms with E-state index in [-0.39, 0.29) is 30.1 Å². The predicted molar refractivity (Wildman–Crippen MR) is 120 cm³/mol. The number of hydrogen-bond acceptors (Lipinski definition) is 4. The van der Waals surface area contributed by atoms with Gasteiger partial charge in [0.25, 0.3) is 0 Å². The summed E-state index contributed by atoms with van der Waals surface area (Å²) in [4.78, 5) is 31.5. The fourth-order valence-corrected chi connectivity index (χ4v) is 4.56. The standard InChI is InChI=1S/C23H25Cl2N3O2/c1-16(17-5-3-2-4-6-17)19-14-22(29)28(23(19)30)15-26-9-11-27(12-10-26)18-7-8-20(24)21(25)13-18/h2-8,13,16,19H,9-12,14-15H2,1H3. The summed E-state index contributed by atoms with van der Waals surface area (Å²) in [7, 11) is 0. The quantitative estimate of drug-likeness (QED) is 0.645. The highest BCUT2D eigenvalue weighted by Crippen LogP contribution is 2.33. The molecule has 158 valence electrons. The van der Waals surface area contributed by atoms with Gasteiger partial charge in [-0.2, -0.15) is 0 Å². The highest BCUT2D eigenvalue weighted by Gasteiger charge is 2.42. The SMILES string of the molecule is CC(c1ccccc1)C1CC(=O)N(CN2CCN(c3ccc(Cl)c(Cl)c3)CC2)C1=O. The zero-order chi connectivity index (χ0) is 21.3. The van der Waals surface area contributed by atoms with Gasteiger partial charge in [-0.3, -0.25) is 19.4 Å². The fraction of sp³-hybridized carbons (Fsp3) is 0.391. The van der Waals surface area contributed by atoms with Gasteiger partial charge < -0.3 is 4.90 Å². The molecule has 0 saturated carbocycles. The van der Waals surface area contributed by atoms with E-state index in [4.69, 9.17) is 23.2 Å². The van der Waals surface area contributed by atoms with Crippen LogP contribution in [-0.2, 0) is 9.59 Å². The van der Waals surface area contributed by atoms with E-state index in [9.17, 15) is 9.59 Å². The van der Waals surface area contributed by atoms with Gasteiger partial charge in [0, 0.05) is 38.3 Å². The number of amides is 2. The second kappa shape index (κ2) is 8.96. The first-order valence-corrected chi connectivity index (χ1v) is 11.0. The first-order chi connectivity index (χ1) is 14.4. The van der Waals surface area contributed by atoms with E-state index < -0.39 is 0 Å². The van der Waals surface area contributed by atoms with Gasteiger partial charge in [0.2, 0.25) is 11.8 Å². The lowest BCUT2D eigenvalue weighted by molar-refractivity contribution is -0.142. The molecule has 4 rings (SSSR count). The molecule has 2 unspecified atom stereocenters. The molecule has 2 aliphatic heterocycles. The third-order valence-electron chi connectivity index (χ3n) is 6.19. The number of halogens is 2. The van der Waals surface area contributed by atoms with Gasteiger partial charge in [0.1, 0.15) is 0 Å². The number of nitrogens with zero attached hydrogens (tertiary/aromatic N) is 3. The number of hydrogen-bond donors (Lipinski definition) is 0. The average molecular weight is 446 g/mol. The maximum Gasteiger partial charge on any atom is 0.234 e. The Bertz CT molecular complexity index is 929. The van der Waals surface area contributed by atoms with Crippen molar-refractivity contribution in [3.8, 4) is 0 Å². The van der Waals surface area contributed by atoms with E-state index >= 15 is 0 Å². The summed E-state index contributed by atoms with van der Waals surface area (Å²) < 4.78 is 0. The van der Waals surface area contributed by atoms with Gasteiger partial charge >= 0.3 is 0 Å². The molecule has 2 atom stereocenters. The van der Waals surface area contributed by atoms with Crippen molar-refractivity contribution in [2.24, 2.45) is 5.92 Å². The van der Waals surface area contributed by atoms with Gasteiger partial charge in [-0.25, -0.2) is 0 Å². The Morgan fingerprint density at radius 3 is 2.33 bits per heavy atom. The van der Waals surface area contributed by atoms with Crippen LogP contribution in [0.4, 0.5) is 5.69 Å². The lowest BCUT2D eigenvalue weighted by Crippen LogP contribution is -2.51. The van der Waals surface area contributed by atoms with E-state index in [1.807, 2.05) is 49.4 Å². The lowest BCUT2D eigenvalue weighted by atomic mass is 9.86. The number of benzene rings is 2. The molecule has 0 radical (unpaired) electrons. The van der Waals surface area contributed by atoms with Crippen molar-refractivity contribution in [2.75, 3.05) is 37.7 Å². The molecule has 5 nitrogen and oxygen atoms in total. The number of likely N-dealkylation sites (tertiary alicyclic amines) is 1. The summed E-state index contributed by atoms with van der Waals surface area (Å²) in [5, 5.41) is 1.09. The van der Waals surface area contributed by atoms with E-state index in [1.54, 1.807) is 6.07 Å². The molecule has 0 spiro atoms. The number of piperazine rings is 1. The normalized spacial score (nSPS) is 21.4. The van der Waals surface area contributed by atoms with Crippen molar-refractivity contribution in [1.29, 1.82) is 0 Å². The number of rotatable bonds is 5. The van der Waals surface area contributed by atoms with Crippen LogP contribution in [0.15, 0.2) is 48.5 Å². The summed E-state index contributed by atoms with van der Waals surface area (Å²) in [6.45, 7) is 5.55. The van der Waals surface area contributed by atoms with Crippen molar-refractivity contribution in [3.05, 3.63) is 64.1 Å². The molecule has 7 heteroatoms. The Morgan fingerprint density at radius 2 is 1.67 bits per heavy atom. The highest BCUT2D eigenvalue weighted by molar-refractivity contribution is 6.42. The first kappa shape index (κ1) is 21.2. The van der Waals surface area contributed by atoms with Crippen LogP contribution >= 0.6 is 23.2 Å². The van der Waals surface area contributed by atoms with Crippen LogP contribution in [0.3, 0.4) is 0 Å². The average Bonchev–Trinajstić information content (AvgIpc) is 3.04. The molecule has 2 aromatic carbocycles. The third kappa shape index (κ3) is 4.34. The van der Waals surface area contributed by atoms with Crippen LogP contribution in [0.5, 0.6) is 0 Å². The summed E-state index contributed by atoms with van der Waals surface area (Å²) in [6, 6.07) is 15.6. The van der Waals surface area contributed by atoms with E-state index in [0.717, 1.165) is 37.4 Å². The van der Waals surface area contributed by atoms with Gasteiger partial charge in [-0.15, -0.1) is 0 Å². The maximum absolute atomic E-state index is 13.0. The van der Waals surface area contributed by atoms with E-state index in [0.29, 0.717) is 16.7 Å². The minimum absolute atomic E-state index is 0.0270. The van der Waals surface area contributed by atoms with Crippen LogP contribution in [-0.4, -0.2) is 54.5 Å². The second-order valence-corrected chi connectivity index (χ2v) is 8.83. The number of carbonyl (C=O) groups excluding carboxylic acids is 2. The van der Waals surface area contributed by atoms with Gasteiger partial charge in [0.05, 0.1) is 22.6 Å². The van der Waals surface area contributed by atoms with Crippen molar-refractivity contribution in [2.45, 2.75) is 19.3 Å². The van der Waals surface area contributed by atoms with Crippen LogP contribution in [0.25, 0.3) is 0 Å². The number of carbonyl (C=O) groups is 2. The smallest absolute Gasteiger partial charge is 0.234 e. The fourth-order valence-electron chi connectivity index (χ4n) is 4.27. The minimum atomic E-state index is -0.280. The second-order valence-electron chi connectivity index (χ2n) is 8.01.